The van der Waals surface area contributed by atoms with Crippen LogP contribution in [0.5, 0.6) is 0 Å². The van der Waals surface area contributed by atoms with Crippen LogP contribution in [0.2, 0.25) is 0 Å². The summed E-state index contributed by atoms with van der Waals surface area (Å²) in [5.74, 6) is 0. The van der Waals surface area contributed by atoms with Crippen molar-refractivity contribution in [2.45, 2.75) is 29.1 Å². The second-order valence-corrected chi connectivity index (χ2v) is 5.97. The Morgan fingerprint density at radius 2 is 1.40 bits per heavy atom. The summed E-state index contributed by atoms with van der Waals surface area (Å²) in [7, 11) is 0. The lowest BCUT2D eigenvalue weighted by molar-refractivity contribution is 0.179. The van der Waals surface area contributed by atoms with E-state index in [0.717, 1.165) is 0 Å². The Morgan fingerprint density at radius 1 is 1.07 bits per heavy atom. The van der Waals surface area contributed by atoms with E-state index in [4.69, 9.17) is 0 Å². The molecule has 0 aromatic heterocycles. The van der Waals surface area contributed by atoms with E-state index < -0.39 is 12.2 Å². The molecule has 2 atom stereocenters. The van der Waals surface area contributed by atoms with Gasteiger partial charge in [-0.05, 0) is 12.5 Å². The molecule has 0 saturated heterocycles. The molecule has 4 heteroatoms. The lowest BCUT2D eigenvalue weighted by Gasteiger charge is -2.32. The molecule has 0 rings (SSSR count). The Kier molecular flexibility index (Phi) is 7.44. The fraction of sp³-hybridized carbons (Fsp3) is 0.636. The summed E-state index contributed by atoms with van der Waals surface area (Å²) in [6, 6.07) is 0. The van der Waals surface area contributed by atoms with Gasteiger partial charge in [0.25, 0.3) is 0 Å². The van der Waals surface area contributed by atoms with Crippen molar-refractivity contribution < 1.29 is 10.2 Å². The van der Waals surface area contributed by atoms with Gasteiger partial charge < -0.3 is 10.2 Å². The van der Waals surface area contributed by atoms with Gasteiger partial charge >= 0.3 is 0 Å². The fourth-order valence-corrected chi connectivity index (χ4v) is 3.32. The molecule has 0 radical (unpaired) electrons. The first kappa shape index (κ1) is 15.1. The Morgan fingerprint density at radius 3 is 1.60 bits per heavy atom. The van der Waals surface area contributed by atoms with E-state index in [-0.39, 0.29) is 4.08 Å². The van der Waals surface area contributed by atoms with E-state index >= 15 is 0 Å². The minimum absolute atomic E-state index is 0.179. The normalized spacial score (nSPS) is 15.7. The van der Waals surface area contributed by atoms with Gasteiger partial charge in [-0.15, -0.1) is 36.7 Å². The van der Waals surface area contributed by atoms with Crippen molar-refractivity contribution in [3.8, 4) is 0 Å². The quantitative estimate of drug-likeness (QED) is 0.511. The minimum Gasteiger partial charge on any atom is -0.389 e. The summed E-state index contributed by atoms with van der Waals surface area (Å²) in [6.07, 6.45) is 7.16. The highest BCUT2D eigenvalue weighted by Gasteiger charge is 2.32. The molecule has 0 amide bonds. The van der Waals surface area contributed by atoms with Crippen molar-refractivity contribution >= 4 is 23.5 Å². The van der Waals surface area contributed by atoms with Crippen molar-refractivity contribution in [1.29, 1.82) is 0 Å². The largest absolute Gasteiger partial charge is 0.389 e. The van der Waals surface area contributed by atoms with Gasteiger partial charge in [0.2, 0.25) is 0 Å². The zero-order valence-corrected chi connectivity index (χ0v) is 11.0. The van der Waals surface area contributed by atoms with Gasteiger partial charge in [0.05, 0.1) is 16.3 Å². The number of aliphatic hydroxyl groups is 2. The second kappa shape index (κ2) is 7.39. The molecule has 0 fully saturated rings. The molecule has 0 saturated carbocycles. The monoisotopic (exact) mass is 248 g/mol. The maximum absolute atomic E-state index is 9.59. The van der Waals surface area contributed by atoms with Crippen LogP contribution in [-0.4, -0.2) is 39.0 Å². The van der Waals surface area contributed by atoms with Gasteiger partial charge in [-0.3, -0.25) is 0 Å². The Bertz CT molecular complexity index is 185. The zero-order valence-electron chi connectivity index (χ0n) is 9.35. The molecule has 15 heavy (non-hydrogen) atoms. The lowest BCUT2D eigenvalue weighted by atomic mass is 10.1. The van der Waals surface area contributed by atoms with Crippen LogP contribution in [0.25, 0.3) is 0 Å². The topological polar surface area (TPSA) is 40.5 Å². The number of aliphatic hydroxyl groups excluding tert-OH is 2. The third kappa shape index (κ3) is 5.11. The summed E-state index contributed by atoms with van der Waals surface area (Å²) >= 11 is 3.30. The van der Waals surface area contributed by atoms with Crippen LogP contribution < -0.4 is 0 Å². The second-order valence-electron chi connectivity index (χ2n) is 3.33. The van der Waals surface area contributed by atoms with E-state index in [9.17, 15) is 10.2 Å². The molecule has 88 valence electrons. The Hall–Kier alpha value is 0.100. The summed E-state index contributed by atoms with van der Waals surface area (Å²) in [4.78, 5) is 0. The smallest absolute Gasteiger partial charge is 0.0739 e. The molecule has 0 aromatic rings. The van der Waals surface area contributed by atoms with Crippen LogP contribution in [0, 0.1) is 0 Å². The van der Waals surface area contributed by atoms with Crippen LogP contribution in [-0.2, 0) is 0 Å². The summed E-state index contributed by atoms with van der Waals surface area (Å²) < 4.78 is -0.179. The van der Waals surface area contributed by atoms with E-state index in [1.165, 1.54) is 12.2 Å². The molecule has 0 aliphatic heterocycles. The lowest BCUT2D eigenvalue weighted by Crippen LogP contribution is -2.29. The predicted octanol–water partition coefficient (Wildman–Crippen LogP) is 2.28. The van der Waals surface area contributed by atoms with Crippen LogP contribution in [0.3, 0.4) is 0 Å². The predicted molar refractivity (Wildman–Crippen MR) is 71.4 cm³/mol. The molecule has 0 aliphatic rings. The van der Waals surface area contributed by atoms with Crippen molar-refractivity contribution in [2.24, 2.45) is 0 Å². The average molecular weight is 248 g/mol. The molecular formula is C11H20O2S2. The highest BCUT2D eigenvalue weighted by atomic mass is 32.2. The number of rotatable bonds is 8. The van der Waals surface area contributed by atoms with Gasteiger partial charge in [-0.25, -0.2) is 0 Å². The fourth-order valence-electron chi connectivity index (χ4n) is 1.30. The third-order valence-electron chi connectivity index (χ3n) is 2.33. The first-order valence-corrected chi connectivity index (χ1v) is 7.20. The van der Waals surface area contributed by atoms with E-state index in [2.05, 4.69) is 13.2 Å². The van der Waals surface area contributed by atoms with Gasteiger partial charge in [0.15, 0.2) is 0 Å². The van der Waals surface area contributed by atoms with Crippen molar-refractivity contribution in [3.05, 3.63) is 25.3 Å². The first-order valence-electron chi connectivity index (χ1n) is 4.75. The molecule has 2 nitrogen and oxygen atoms in total. The van der Waals surface area contributed by atoms with Gasteiger partial charge in [-0.2, -0.15) is 0 Å². The van der Waals surface area contributed by atoms with Crippen LogP contribution in [0.15, 0.2) is 25.3 Å². The van der Waals surface area contributed by atoms with Crippen molar-refractivity contribution in [1.82, 2.24) is 0 Å². The Balaban J connectivity index is 4.55. The maximum atomic E-state index is 9.59. The van der Waals surface area contributed by atoms with Crippen LogP contribution in [0.4, 0.5) is 0 Å². The van der Waals surface area contributed by atoms with E-state index in [1.54, 1.807) is 23.5 Å². The number of hydrogen-bond acceptors (Lipinski definition) is 4. The molecule has 2 N–H and O–H groups in total. The van der Waals surface area contributed by atoms with Gasteiger partial charge in [0.1, 0.15) is 0 Å². The van der Waals surface area contributed by atoms with Crippen LogP contribution in [0.1, 0.15) is 12.8 Å². The maximum Gasteiger partial charge on any atom is 0.0739 e. The molecule has 0 bridgehead atoms. The molecule has 0 spiro atoms. The molecular weight excluding hydrogens is 228 g/mol. The number of hydrogen-bond donors (Lipinski definition) is 2. The van der Waals surface area contributed by atoms with Gasteiger partial charge in [0, 0.05) is 12.8 Å². The van der Waals surface area contributed by atoms with E-state index in [1.807, 2.05) is 12.5 Å². The van der Waals surface area contributed by atoms with E-state index in [0.29, 0.717) is 12.8 Å². The average Bonchev–Trinajstić information content (AvgIpc) is 2.27. The molecule has 2 unspecified atom stereocenters. The zero-order chi connectivity index (χ0) is 11.9. The summed E-state index contributed by atoms with van der Waals surface area (Å²) in [6.45, 7) is 7.12. The molecule has 0 aromatic carbocycles. The highest BCUT2D eigenvalue weighted by Crippen LogP contribution is 2.42. The summed E-state index contributed by atoms with van der Waals surface area (Å²) in [5.41, 5.74) is 0. The third-order valence-corrected chi connectivity index (χ3v) is 5.48. The van der Waals surface area contributed by atoms with Crippen molar-refractivity contribution in [3.63, 3.8) is 0 Å². The highest BCUT2D eigenvalue weighted by molar-refractivity contribution is 8.17. The number of thioether (sulfide) groups is 2. The van der Waals surface area contributed by atoms with Crippen molar-refractivity contribution in [2.75, 3.05) is 12.5 Å². The molecule has 0 aliphatic carbocycles. The van der Waals surface area contributed by atoms with Crippen LogP contribution >= 0.6 is 23.5 Å². The SMILES string of the molecule is C=CC(O)CC(CC(O)C=C)(SC)SC. The molecule has 0 heterocycles. The Labute approximate surface area is 101 Å². The summed E-state index contributed by atoms with van der Waals surface area (Å²) in [5, 5.41) is 19.2. The minimum atomic E-state index is -0.526. The standard InChI is InChI=1S/C11H20O2S2/c1-5-9(12)7-11(14-3,15-4)8-10(13)6-2/h5-6,9-10,12-13H,1-2,7-8H2,3-4H3. The van der Waals surface area contributed by atoms with Gasteiger partial charge in [-0.1, -0.05) is 12.2 Å². The first-order chi connectivity index (χ1) is 7.03.